The van der Waals surface area contributed by atoms with E-state index in [-0.39, 0.29) is 25.5 Å². The molecule has 134 valence electrons. The molecule has 10 heteroatoms. The third kappa shape index (κ3) is 4.12. The van der Waals surface area contributed by atoms with E-state index in [1.54, 1.807) is 30.3 Å². The predicted molar refractivity (Wildman–Crippen MR) is 79.4 cm³/mol. The average Bonchev–Trinajstić information content (AvgIpc) is 3.04. The Hall–Kier alpha value is -2.10. The zero-order valence-electron chi connectivity index (χ0n) is 12.6. The van der Waals surface area contributed by atoms with Gasteiger partial charge in [0.05, 0.1) is 19.8 Å². The Morgan fingerprint density at radius 2 is 2.16 bits per heavy atom. The van der Waals surface area contributed by atoms with E-state index in [1.165, 1.54) is 0 Å². The van der Waals surface area contributed by atoms with E-state index in [0.29, 0.717) is 16.3 Å². The first-order valence-corrected chi connectivity index (χ1v) is 7.58. The van der Waals surface area contributed by atoms with Gasteiger partial charge in [0.15, 0.2) is 5.76 Å². The van der Waals surface area contributed by atoms with Crippen LogP contribution in [-0.2, 0) is 14.4 Å². The highest BCUT2D eigenvalue weighted by molar-refractivity contribution is 6.30. The second-order valence-corrected chi connectivity index (χ2v) is 5.67. The van der Waals surface area contributed by atoms with E-state index >= 15 is 0 Å². The van der Waals surface area contributed by atoms with Crippen molar-refractivity contribution in [3.63, 3.8) is 0 Å². The minimum atomic E-state index is -5.08. The molecule has 1 aromatic heterocycles. The molecule has 25 heavy (non-hydrogen) atoms. The zero-order valence-corrected chi connectivity index (χ0v) is 13.4. The van der Waals surface area contributed by atoms with Gasteiger partial charge in [-0.1, -0.05) is 28.9 Å². The van der Waals surface area contributed by atoms with Crippen molar-refractivity contribution in [2.75, 3.05) is 19.8 Å². The highest BCUT2D eigenvalue weighted by atomic mass is 35.5. The summed E-state index contributed by atoms with van der Waals surface area (Å²) in [6.07, 6.45) is -5.08. The molecule has 3 rings (SSSR count). The van der Waals surface area contributed by atoms with Crippen LogP contribution >= 0.6 is 11.6 Å². The summed E-state index contributed by atoms with van der Waals surface area (Å²) in [6, 6.07) is 7.55. The van der Waals surface area contributed by atoms with Crippen LogP contribution in [0.4, 0.5) is 13.2 Å². The molecule has 0 saturated carbocycles. The molecule has 0 bridgehead atoms. The molecule has 1 unspecified atom stereocenters. The van der Waals surface area contributed by atoms with E-state index in [1.807, 2.05) is 0 Å². The first-order valence-electron chi connectivity index (χ1n) is 7.20. The third-order valence-corrected chi connectivity index (χ3v) is 3.72. The summed E-state index contributed by atoms with van der Waals surface area (Å²) < 4.78 is 47.7. The normalized spacial score (nSPS) is 19.0. The average molecular weight is 377 g/mol. The summed E-state index contributed by atoms with van der Waals surface area (Å²) in [4.78, 5) is 15.5. The number of hydrogen-bond donors (Lipinski definition) is 0. The van der Waals surface area contributed by atoms with Gasteiger partial charge in [0.25, 0.3) is 0 Å². The maximum atomic E-state index is 12.4. The highest BCUT2D eigenvalue weighted by Gasteiger charge is 2.44. The maximum Gasteiger partial charge on any atom is 0.492 e. The molecule has 1 aliphatic heterocycles. The number of halogens is 4. The molecule has 0 radical (unpaired) electrons. The van der Waals surface area contributed by atoms with Crippen LogP contribution < -0.4 is 0 Å². The van der Waals surface area contributed by atoms with Crippen LogP contribution in [0.15, 0.2) is 34.9 Å². The molecule has 0 spiro atoms. The zero-order chi connectivity index (χ0) is 18.0. The van der Waals surface area contributed by atoms with Crippen molar-refractivity contribution in [1.82, 2.24) is 10.2 Å². The van der Waals surface area contributed by atoms with Gasteiger partial charge in [-0.05, 0) is 12.1 Å². The molecule has 2 heterocycles. The number of rotatable bonds is 3. The quantitative estimate of drug-likeness (QED) is 0.818. The standard InChI is InChI=1S/C15H12ClF3N2O4/c16-10-3-1-2-9(6-10)13-7-11(20-24-13)12-8-23-5-4-21(12)25-14(22)15(17,18)19/h1-3,6-7,12H,4-5,8H2. The lowest BCUT2D eigenvalue weighted by molar-refractivity contribution is -0.261. The molecule has 0 N–H and O–H groups in total. The fourth-order valence-electron chi connectivity index (χ4n) is 2.31. The summed E-state index contributed by atoms with van der Waals surface area (Å²) in [5.41, 5.74) is 0.937. The van der Waals surface area contributed by atoms with Gasteiger partial charge in [-0.15, -0.1) is 5.06 Å². The molecule has 1 fully saturated rings. The van der Waals surface area contributed by atoms with E-state index in [0.717, 1.165) is 5.06 Å². The first kappa shape index (κ1) is 17.7. The Bertz CT molecular complexity index is 765. The van der Waals surface area contributed by atoms with Crippen molar-refractivity contribution < 1.29 is 32.1 Å². The number of carbonyl (C=O) groups is 1. The van der Waals surface area contributed by atoms with Crippen LogP contribution in [0, 0.1) is 0 Å². The van der Waals surface area contributed by atoms with Gasteiger partial charge in [-0.25, -0.2) is 4.79 Å². The SMILES string of the molecule is O=C(ON1CCOCC1c1cc(-c2cccc(Cl)c2)on1)C(F)(F)F. The van der Waals surface area contributed by atoms with E-state index in [4.69, 9.17) is 20.9 Å². The molecule has 2 aromatic rings. The molecular formula is C15H12ClF3N2O4. The number of alkyl halides is 3. The first-order chi connectivity index (χ1) is 11.8. The number of carbonyl (C=O) groups excluding carboxylic acids is 1. The topological polar surface area (TPSA) is 64.8 Å². The van der Waals surface area contributed by atoms with Gasteiger partial charge in [0.2, 0.25) is 0 Å². The molecule has 0 aliphatic carbocycles. The molecule has 6 nitrogen and oxygen atoms in total. The van der Waals surface area contributed by atoms with Gasteiger partial charge in [0.1, 0.15) is 11.7 Å². The van der Waals surface area contributed by atoms with Crippen LogP contribution in [-0.4, -0.2) is 42.1 Å². The number of ether oxygens (including phenoxy) is 1. The van der Waals surface area contributed by atoms with Gasteiger partial charge in [-0.2, -0.15) is 13.2 Å². The number of benzene rings is 1. The monoisotopic (exact) mass is 376 g/mol. The highest BCUT2D eigenvalue weighted by Crippen LogP contribution is 2.30. The molecular weight excluding hydrogens is 365 g/mol. The van der Waals surface area contributed by atoms with Crippen molar-refractivity contribution in [3.05, 3.63) is 41.0 Å². The van der Waals surface area contributed by atoms with E-state index < -0.39 is 18.2 Å². The Morgan fingerprint density at radius 3 is 2.88 bits per heavy atom. The lowest BCUT2D eigenvalue weighted by Crippen LogP contribution is -2.43. The molecule has 1 saturated heterocycles. The van der Waals surface area contributed by atoms with Crippen molar-refractivity contribution >= 4 is 17.6 Å². The number of hydroxylamine groups is 2. The Morgan fingerprint density at radius 1 is 1.36 bits per heavy atom. The Labute approximate surface area is 145 Å². The smallest absolute Gasteiger partial charge is 0.378 e. The Kier molecular flexibility index (Phi) is 4.98. The van der Waals surface area contributed by atoms with Crippen LogP contribution in [0.2, 0.25) is 5.02 Å². The summed E-state index contributed by atoms with van der Waals surface area (Å²) in [7, 11) is 0. The van der Waals surface area contributed by atoms with Crippen molar-refractivity contribution in [2.45, 2.75) is 12.2 Å². The predicted octanol–water partition coefficient (Wildman–Crippen LogP) is 3.39. The van der Waals surface area contributed by atoms with Crippen LogP contribution in [0.3, 0.4) is 0 Å². The summed E-state index contributed by atoms with van der Waals surface area (Å²) >= 11 is 5.92. The number of aromatic nitrogens is 1. The van der Waals surface area contributed by atoms with Gasteiger partial charge < -0.3 is 14.1 Å². The van der Waals surface area contributed by atoms with Crippen LogP contribution in [0.5, 0.6) is 0 Å². The molecule has 1 aromatic carbocycles. The fourth-order valence-corrected chi connectivity index (χ4v) is 2.50. The van der Waals surface area contributed by atoms with Crippen molar-refractivity contribution in [2.24, 2.45) is 0 Å². The summed E-state index contributed by atoms with van der Waals surface area (Å²) in [6.45, 7) is 0.110. The Balaban J connectivity index is 1.80. The van der Waals surface area contributed by atoms with Gasteiger partial charge in [-0.3, -0.25) is 0 Å². The lowest BCUT2D eigenvalue weighted by Gasteiger charge is -2.32. The van der Waals surface area contributed by atoms with Gasteiger partial charge in [0, 0.05) is 16.7 Å². The minimum absolute atomic E-state index is 0.00660. The van der Waals surface area contributed by atoms with E-state index in [2.05, 4.69) is 9.99 Å². The largest absolute Gasteiger partial charge is 0.492 e. The second kappa shape index (κ2) is 7.03. The second-order valence-electron chi connectivity index (χ2n) is 5.23. The number of hydrogen-bond acceptors (Lipinski definition) is 6. The van der Waals surface area contributed by atoms with Crippen molar-refractivity contribution in [1.29, 1.82) is 0 Å². The molecule has 1 atom stereocenters. The van der Waals surface area contributed by atoms with Crippen molar-refractivity contribution in [3.8, 4) is 11.3 Å². The van der Waals surface area contributed by atoms with Crippen LogP contribution in [0.1, 0.15) is 11.7 Å². The molecule has 1 aliphatic rings. The fraction of sp³-hybridized carbons (Fsp3) is 0.333. The van der Waals surface area contributed by atoms with Crippen LogP contribution in [0.25, 0.3) is 11.3 Å². The minimum Gasteiger partial charge on any atom is -0.378 e. The lowest BCUT2D eigenvalue weighted by atomic mass is 10.1. The molecule has 0 amide bonds. The number of nitrogens with zero attached hydrogens (tertiary/aromatic N) is 2. The van der Waals surface area contributed by atoms with E-state index in [9.17, 15) is 18.0 Å². The summed E-state index contributed by atoms with van der Waals surface area (Å²) in [5, 5.41) is 5.25. The third-order valence-electron chi connectivity index (χ3n) is 3.49. The number of morpholine rings is 1. The maximum absolute atomic E-state index is 12.4. The van der Waals surface area contributed by atoms with Gasteiger partial charge >= 0.3 is 12.1 Å². The summed E-state index contributed by atoms with van der Waals surface area (Å²) in [5.74, 6) is -1.91.